The van der Waals surface area contributed by atoms with Crippen LogP contribution in [-0.2, 0) is 6.42 Å². The van der Waals surface area contributed by atoms with Crippen LogP contribution in [0.15, 0.2) is 60.9 Å². The quantitative estimate of drug-likeness (QED) is 0.784. The molecule has 21 heavy (non-hydrogen) atoms. The average Bonchev–Trinajstić information content (AvgIpc) is 2.52. The summed E-state index contributed by atoms with van der Waals surface area (Å²) in [6, 6.07) is 15.1. The van der Waals surface area contributed by atoms with Gasteiger partial charge in [0.25, 0.3) is 0 Å². The molecule has 0 aliphatic heterocycles. The van der Waals surface area contributed by atoms with E-state index in [-0.39, 0.29) is 11.9 Å². The van der Waals surface area contributed by atoms with Crippen LogP contribution >= 0.6 is 0 Å². The standard InChI is InChI=1S/C18H17FN2/c1-20-18(11-13-4-2-6-15(19)10-13)16-7-3-5-14-8-9-21-12-17(14)16/h2-10,12,18,20H,11H2,1H3. The van der Waals surface area contributed by atoms with Crippen molar-refractivity contribution in [2.75, 3.05) is 7.05 Å². The molecule has 1 atom stereocenters. The van der Waals surface area contributed by atoms with Gasteiger partial charge in [-0.15, -0.1) is 0 Å². The lowest BCUT2D eigenvalue weighted by molar-refractivity contribution is 0.587. The van der Waals surface area contributed by atoms with Crippen molar-refractivity contribution in [3.63, 3.8) is 0 Å². The third kappa shape index (κ3) is 2.93. The normalized spacial score (nSPS) is 12.5. The fourth-order valence-corrected chi connectivity index (χ4v) is 2.71. The lowest BCUT2D eigenvalue weighted by Gasteiger charge is -2.19. The third-order valence-electron chi connectivity index (χ3n) is 3.77. The van der Waals surface area contributed by atoms with E-state index in [4.69, 9.17) is 0 Å². The van der Waals surface area contributed by atoms with Gasteiger partial charge < -0.3 is 5.32 Å². The van der Waals surface area contributed by atoms with Gasteiger partial charge in [0.2, 0.25) is 0 Å². The van der Waals surface area contributed by atoms with Crippen molar-refractivity contribution < 1.29 is 4.39 Å². The fourth-order valence-electron chi connectivity index (χ4n) is 2.71. The summed E-state index contributed by atoms with van der Waals surface area (Å²) in [7, 11) is 1.93. The first-order valence-corrected chi connectivity index (χ1v) is 7.02. The highest BCUT2D eigenvalue weighted by Crippen LogP contribution is 2.26. The minimum Gasteiger partial charge on any atom is -0.313 e. The molecule has 1 heterocycles. The molecule has 3 aromatic rings. The molecule has 0 aliphatic rings. The highest BCUT2D eigenvalue weighted by molar-refractivity contribution is 5.85. The summed E-state index contributed by atoms with van der Waals surface area (Å²) >= 11 is 0. The van der Waals surface area contributed by atoms with Crippen LogP contribution in [0.5, 0.6) is 0 Å². The van der Waals surface area contributed by atoms with E-state index >= 15 is 0 Å². The summed E-state index contributed by atoms with van der Waals surface area (Å²) in [5, 5.41) is 5.63. The Kier molecular flexibility index (Phi) is 3.93. The Balaban J connectivity index is 1.98. The van der Waals surface area contributed by atoms with Crippen LogP contribution in [0.1, 0.15) is 17.2 Å². The Bertz CT molecular complexity index is 750. The molecule has 3 rings (SSSR count). The predicted molar refractivity (Wildman–Crippen MR) is 83.6 cm³/mol. The Hall–Kier alpha value is -2.26. The molecule has 0 aliphatic carbocycles. The second-order valence-corrected chi connectivity index (χ2v) is 5.12. The van der Waals surface area contributed by atoms with Crippen LogP contribution < -0.4 is 5.32 Å². The van der Waals surface area contributed by atoms with Crippen LogP contribution in [0.2, 0.25) is 0 Å². The topological polar surface area (TPSA) is 24.9 Å². The van der Waals surface area contributed by atoms with E-state index in [0.29, 0.717) is 0 Å². The van der Waals surface area contributed by atoms with Gasteiger partial charge in [0.1, 0.15) is 5.82 Å². The molecular weight excluding hydrogens is 263 g/mol. The monoisotopic (exact) mass is 280 g/mol. The number of benzene rings is 2. The number of likely N-dealkylation sites (N-methyl/N-ethyl adjacent to an activating group) is 1. The molecule has 0 bridgehead atoms. The molecule has 0 amide bonds. The second-order valence-electron chi connectivity index (χ2n) is 5.12. The molecule has 1 aromatic heterocycles. The highest BCUT2D eigenvalue weighted by atomic mass is 19.1. The molecule has 0 spiro atoms. The van der Waals surface area contributed by atoms with Crippen LogP contribution in [0.3, 0.4) is 0 Å². The van der Waals surface area contributed by atoms with Crippen molar-refractivity contribution in [1.82, 2.24) is 10.3 Å². The first-order valence-electron chi connectivity index (χ1n) is 7.02. The van der Waals surface area contributed by atoms with Crippen molar-refractivity contribution in [2.45, 2.75) is 12.5 Å². The molecule has 1 N–H and O–H groups in total. The summed E-state index contributed by atoms with van der Waals surface area (Å²) in [5.41, 5.74) is 2.17. The first-order chi connectivity index (χ1) is 10.3. The molecule has 2 nitrogen and oxygen atoms in total. The van der Waals surface area contributed by atoms with Gasteiger partial charge in [-0.3, -0.25) is 4.98 Å². The summed E-state index contributed by atoms with van der Waals surface area (Å²) in [6.45, 7) is 0. The Labute approximate surface area is 123 Å². The van der Waals surface area contributed by atoms with Gasteiger partial charge in [0.05, 0.1) is 0 Å². The number of aromatic nitrogens is 1. The van der Waals surface area contributed by atoms with E-state index in [2.05, 4.69) is 22.4 Å². The molecule has 3 heteroatoms. The molecule has 0 saturated carbocycles. The maximum absolute atomic E-state index is 13.3. The zero-order chi connectivity index (χ0) is 14.7. The lowest BCUT2D eigenvalue weighted by Crippen LogP contribution is -2.19. The van der Waals surface area contributed by atoms with Crippen LogP contribution in [0, 0.1) is 5.82 Å². The molecular formula is C18H17FN2. The van der Waals surface area contributed by atoms with Gasteiger partial charge in [0.15, 0.2) is 0 Å². The Morgan fingerprint density at radius 1 is 1.14 bits per heavy atom. The molecule has 1 unspecified atom stereocenters. The molecule has 2 aromatic carbocycles. The maximum Gasteiger partial charge on any atom is 0.123 e. The summed E-state index contributed by atoms with van der Waals surface area (Å²) in [4.78, 5) is 4.22. The predicted octanol–water partition coefficient (Wildman–Crippen LogP) is 3.88. The van der Waals surface area contributed by atoms with Crippen molar-refractivity contribution in [3.05, 3.63) is 77.9 Å². The number of hydrogen-bond donors (Lipinski definition) is 1. The summed E-state index contributed by atoms with van der Waals surface area (Å²) < 4.78 is 13.3. The number of nitrogens with zero attached hydrogens (tertiary/aromatic N) is 1. The lowest BCUT2D eigenvalue weighted by atomic mass is 9.95. The van der Waals surface area contributed by atoms with E-state index in [1.807, 2.05) is 31.4 Å². The van der Waals surface area contributed by atoms with E-state index in [9.17, 15) is 4.39 Å². The minimum atomic E-state index is -0.193. The number of pyridine rings is 1. The van der Waals surface area contributed by atoms with Gasteiger partial charge in [-0.2, -0.15) is 0 Å². The molecule has 106 valence electrons. The van der Waals surface area contributed by atoms with Crippen molar-refractivity contribution >= 4 is 10.8 Å². The summed E-state index contributed by atoms with van der Waals surface area (Å²) in [6.07, 6.45) is 4.43. The van der Waals surface area contributed by atoms with Gasteiger partial charge in [-0.25, -0.2) is 4.39 Å². The largest absolute Gasteiger partial charge is 0.313 e. The van der Waals surface area contributed by atoms with Gasteiger partial charge in [-0.1, -0.05) is 30.3 Å². The van der Waals surface area contributed by atoms with Gasteiger partial charge in [-0.05, 0) is 48.2 Å². The van der Waals surface area contributed by atoms with Crippen LogP contribution in [0.4, 0.5) is 4.39 Å². The SMILES string of the molecule is CNC(Cc1cccc(F)c1)c1cccc2ccncc12. The van der Waals surface area contributed by atoms with Crippen LogP contribution in [0.25, 0.3) is 10.8 Å². The molecule has 0 fully saturated rings. The number of fused-ring (bicyclic) bond motifs is 1. The average molecular weight is 280 g/mol. The number of nitrogens with one attached hydrogen (secondary N) is 1. The zero-order valence-corrected chi connectivity index (χ0v) is 11.9. The smallest absolute Gasteiger partial charge is 0.123 e. The van der Waals surface area contributed by atoms with E-state index < -0.39 is 0 Å². The number of rotatable bonds is 4. The first kappa shape index (κ1) is 13.7. The highest BCUT2D eigenvalue weighted by Gasteiger charge is 2.13. The Morgan fingerprint density at radius 3 is 2.81 bits per heavy atom. The van der Waals surface area contributed by atoms with Crippen molar-refractivity contribution in [2.24, 2.45) is 0 Å². The van der Waals surface area contributed by atoms with Gasteiger partial charge >= 0.3 is 0 Å². The zero-order valence-electron chi connectivity index (χ0n) is 11.9. The Morgan fingerprint density at radius 2 is 2.00 bits per heavy atom. The minimum absolute atomic E-state index is 0.125. The maximum atomic E-state index is 13.3. The van der Waals surface area contributed by atoms with Crippen molar-refractivity contribution in [1.29, 1.82) is 0 Å². The second kappa shape index (κ2) is 6.02. The molecule has 0 saturated heterocycles. The third-order valence-corrected chi connectivity index (χ3v) is 3.77. The van der Waals surface area contributed by atoms with Crippen molar-refractivity contribution in [3.8, 4) is 0 Å². The van der Waals surface area contributed by atoms with E-state index in [0.717, 1.165) is 17.4 Å². The van der Waals surface area contributed by atoms with E-state index in [1.54, 1.807) is 18.3 Å². The number of hydrogen-bond acceptors (Lipinski definition) is 2. The summed E-state index contributed by atoms with van der Waals surface area (Å²) in [5.74, 6) is -0.193. The molecule has 0 radical (unpaired) electrons. The number of halogens is 1. The van der Waals surface area contributed by atoms with Crippen LogP contribution in [-0.4, -0.2) is 12.0 Å². The van der Waals surface area contributed by atoms with Gasteiger partial charge in [0, 0.05) is 23.8 Å². The van der Waals surface area contributed by atoms with E-state index in [1.165, 1.54) is 17.0 Å². The fraction of sp³-hybridized carbons (Fsp3) is 0.167.